The lowest BCUT2D eigenvalue weighted by Crippen LogP contribution is -2.42. The summed E-state index contributed by atoms with van der Waals surface area (Å²) < 4.78 is 26.9. The molecule has 0 fully saturated rings. The van der Waals surface area contributed by atoms with Crippen molar-refractivity contribution in [1.82, 2.24) is 10.0 Å². The maximum absolute atomic E-state index is 12.9. The molecule has 0 spiro atoms. The van der Waals surface area contributed by atoms with E-state index in [2.05, 4.69) is 5.32 Å². The zero-order chi connectivity index (χ0) is 32.3. The van der Waals surface area contributed by atoms with Crippen LogP contribution < -0.4 is 10.0 Å². The van der Waals surface area contributed by atoms with E-state index in [0.717, 1.165) is 16.0 Å². The molecule has 0 heterocycles. The van der Waals surface area contributed by atoms with Crippen LogP contribution in [0.5, 0.6) is 5.75 Å². The molecule has 0 aliphatic carbocycles. The molecule has 43 heavy (non-hydrogen) atoms. The topological polar surface area (TPSA) is 150 Å². The molecule has 3 rings (SSSR count). The highest BCUT2D eigenvalue weighted by molar-refractivity contribution is 7.99. The third kappa shape index (κ3) is 8.75. The van der Waals surface area contributed by atoms with Crippen molar-refractivity contribution in [3.63, 3.8) is 0 Å². The highest BCUT2D eigenvalue weighted by atomic mass is 35.5. The summed E-state index contributed by atoms with van der Waals surface area (Å²) >= 11 is 7.04. The Morgan fingerprint density at radius 1 is 0.837 bits per heavy atom. The van der Waals surface area contributed by atoms with Crippen molar-refractivity contribution in [3.8, 4) is 5.75 Å². The maximum Gasteiger partial charge on any atom is 0.327 e. The fourth-order valence-electron chi connectivity index (χ4n) is 4.06. The summed E-state index contributed by atoms with van der Waals surface area (Å²) in [5.74, 6) is -2.57. The molecular weight excluding hydrogens is 612 g/mol. The van der Waals surface area contributed by atoms with Crippen molar-refractivity contribution in [2.45, 2.75) is 68.2 Å². The summed E-state index contributed by atoms with van der Waals surface area (Å²) in [7, 11) is -4.15. The highest BCUT2D eigenvalue weighted by Crippen LogP contribution is 2.41. The molecule has 0 saturated carbocycles. The van der Waals surface area contributed by atoms with E-state index in [1.54, 1.807) is 0 Å². The number of phenolic OH excluding ortho intramolecular Hbond substituents is 1. The molecule has 3 aromatic rings. The number of carboxylic acid groups (broad SMARTS) is 1. The molecule has 0 saturated heterocycles. The first-order chi connectivity index (χ1) is 19.8. The SMILES string of the molecule is CC(C)(C)c1cc(SC[C@H](NC(=O)c2ccc(C(=O)NS(=O)(=O)c3ccc(Cl)cc3)cc2)C(=O)O)cc(C(C)(C)C)c1O. The molecule has 0 unspecified atom stereocenters. The van der Waals surface area contributed by atoms with Crippen LogP contribution >= 0.6 is 23.4 Å². The monoisotopic (exact) mass is 646 g/mol. The van der Waals surface area contributed by atoms with Crippen molar-refractivity contribution in [1.29, 1.82) is 0 Å². The smallest absolute Gasteiger partial charge is 0.327 e. The Bertz CT molecular complexity index is 1590. The standard InChI is InChI=1S/C31H35ClN2O7S2/c1-30(2,3)23-15-21(16-24(26(23)35)31(4,5)6)42-17-25(29(38)39)33-27(36)18-7-9-19(10-8-18)28(37)34-43(40,41)22-13-11-20(32)12-14-22/h7-16,25,35H,17H2,1-6H3,(H,33,36)(H,34,37)(H,38,39)/t25-/m0/s1. The largest absolute Gasteiger partial charge is 0.507 e. The average Bonchev–Trinajstić information content (AvgIpc) is 2.90. The molecule has 230 valence electrons. The number of hydrogen-bond acceptors (Lipinski definition) is 7. The summed E-state index contributed by atoms with van der Waals surface area (Å²) in [4.78, 5) is 38.1. The second-order valence-corrected chi connectivity index (χ2v) is 15.2. The van der Waals surface area contributed by atoms with Crippen molar-refractivity contribution in [3.05, 3.63) is 87.9 Å². The fraction of sp³-hybridized carbons (Fsp3) is 0.323. The number of sulfonamides is 1. The first kappa shape index (κ1) is 34.0. The molecule has 0 aliphatic rings. The predicted octanol–water partition coefficient (Wildman–Crippen LogP) is 5.73. The number of hydrogen-bond donors (Lipinski definition) is 4. The van der Waals surface area contributed by atoms with Gasteiger partial charge in [-0.3, -0.25) is 9.59 Å². The quantitative estimate of drug-likeness (QED) is 0.215. The molecular formula is C31H35ClN2O7S2. The first-order valence-corrected chi connectivity index (χ1v) is 16.1. The Hall–Kier alpha value is -3.54. The summed E-state index contributed by atoms with van der Waals surface area (Å²) in [6.07, 6.45) is 0. The van der Waals surface area contributed by atoms with E-state index in [9.17, 15) is 33.0 Å². The van der Waals surface area contributed by atoms with Gasteiger partial charge in [-0.25, -0.2) is 17.9 Å². The predicted molar refractivity (Wildman–Crippen MR) is 168 cm³/mol. The van der Waals surface area contributed by atoms with Crippen LogP contribution in [0.2, 0.25) is 5.02 Å². The molecule has 2 amide bonds. The number of thioether (sulfide) groups is 1. The van der Waals surface area contributed by atoms with Gasteiger partial charge < -0.3 is 15.5 Å². The van der Waals surface area contributed by atoms with Gasteiger partial charge in [0.05, 0.1) is 4.90 Å². The van der Waals surface area contributed by atoms with Gasteiger partial charge >= 0.3 is 5.97 Å². The van der Waals surface area contributed by atoms with Crippen molar-refractivity contribution in [2.24, 2.45) is 0 Å². The number of nitrogens with one attached hydrogen (secondary N) is 2. The van der Waals surface area contributed by atoms with Crippen LogP contribution in [-0.4, -0.2) is 48.2 Å². The normalized spacial score (nSPS) is 12.8. The lowest BCUT2D eigenvalue weighted by Gasteiger charge is -2.28. The number of carboxylic acids is 1. The summed E-state index contributed by atoms with van der Waals surface area (Å²) in [6, 6.07) is 12.9. The number of aromatic hydroxyl groups is 1. The molecule has 0 aliphatic heterocycles. The van der Waals surface area contributed by atoms with Gasteiger partial charge in [-0.1, -0.05) is 53.1 Å². The van der Waals surface area contributed by atoms with Crippen molar-refractivity contribution >= 4 is 51.2 Å². The number of carbonyl (C=O) groups excluding carboxylic acids is 2. The van der Waals surface area contributed by atoms with Gasteiger partial charge in [0.2, 0.25) is 0 Å². The number of halogens is 1. The number of carbonyl (C=O) groups is 3. The van der Waals surface area contributed by atoms with Gasteiger partial charge in [0.25, 0.3) is 21.8 Å². The van der Waals surface area contributed by atoms with E-state index >= 15 is 0 Å². The molecule has 4 N–H and O–H groups in total. The summed E-state index contributed by atoms with van der Waals surface area (Å²) in [5, 5.41) is 23.6. The molecule has 1 atom stereocenters. The van der Waals surface area contributed by atoms with E-state index in [1.165, 1.54) is 60.3 Å². The minimum atomic E-state index is -4.15. The van der Waals surface area contributed by atoms with Crippen LogP contribution in [0, 0.1) is 0 Å². The second kappa shape index (κ2) is 13.0. The van der Waals surface area contributed by atoms with Gasteiger partial charge in [-0.15, -0.1) is 11.8 Å². The highest BCUT2D eigenvalue weighted by Gasteiger charge is 2.28. The minimum Gasteiger partial charge on any atom is -0.507 e. The molecule has 12 heteroatoms. The zero-order valence-electron chi connectivity index (χ0n) is 24.7. The lowest BCUT2D eigenvalue weighted by molar-refractivity contribution is -0.138. The zero-order valence-corrected chi connectivity index (χ0v) is 27.1. The van der Waals surface area contributed by atoms with Gasteiger partial charge in [-0.05, 0) is 71.5 Å². The number of phenols is 1. The van der Waals surface area contributed by atoms with Gasteiger partial charge in [0, 0.05) is 37.9 Å². The Balaban J connectivity index is 1.72. The van der Waals surface area contributed by atoms with Crippen LogP contribution in [0.4, 0.5) is 0 Å². The third-order valence-corrected chi connectivity index (χ3v) is 9.15. The van der Waals surface area contributed by atoms with Crippen molar-refractivity contribution < 1.29 is 33.0 Å². The Morgan fingerprint density at radius 3 is 1.74 bits per heavy atom. The molecule has 0 radical (unpaired) electrons. The molecule has 9 nitrogen and oxygen atoms in total. The van der Waals surface area contributed by atoms with Gasteiger partial charge in [0.15, 0.2) is 0 Å². The Labute approximate surface area is 261 Å². The lowest BCUT2D eigenvalue weighted by atomic mass is 9.79. The average molecular weight is 647 g/mol. The number of amides is 2. The number of aliphatic carboxylic acids is 1. The van der Waals surface area contributed by atoms with Crippen LogP contribution in [0.3, 0.4) is 0 Å². The molecule has 3 aromatic carbocycles. The van der Waals surface area contributed by atoms with Gasteiger partial charge in [0.1, 0.15) is 11.8 Å². The van der Waals surface area contributed by atoms with Crippen molar-refractivity contribution in [2.75, 3.05) is 5.75 Å². The van der Waals surface area contributed by atoms with Crippen LogP contribution in [0.25, 0.3) is 0 Å². The summed E-state index contributed by atoms with van der Waals surface area (Å²) in [5.41, 5.74) is 0.833. The van der Waals surface area contributed by atoms with Crippen LogP contribution in [-0.2, 0) is 25.6 Å². The van der Waals surface area contributed by atoms with E-state index < -0.39 is 33.8 Å². The molecule has 0 aromatic heterocycles. The van der Waals surface area contributed by atoms with Gasteiger partial charge in [-0.2, -0.15) is 0 Å². The van der Waals surface area contributed by atoms with E-state index in [4.69, 9.17) is 11.6 Å². The number of benzene rings is 3. The number of rotatable bonds is 9. The minimum absolute atomic E-state index is 0.0159. The first-order valence-electron chi connectivity index (χ1n) is 13.3. The Morgan fingerprint density at radius 2 is 1.30 bits per heavy atom. The Kier molecular flexibility index (Phi) is 10.3. The molecule has 0 bridgehead atoms. The van der Waals surface area contributed by atoms with Crippen LogP contribution in [0.1, 0.15) is 73.4 Å². The van der Waals surface area contributed by atoms with E-state index in [1.807, 2.05) is 58.4 Å². The summed E-state index contributed by atoms with van der Waals surface area (Å²) in [6.45, 7) is 11.9. The van der Waals surface area contributed by atoms with E-state index in [-0.39, 0.29) is 38.4 Å². The maximum atomic E-state index is 12.9. The van der Waals surface area contributed by atoms with Crippen LogP contribution in [0.15, 0.2) is 70.5 Å². The fourth-order valence-corrected chi connectivity index (χ4v) is 6.14. The second-order valence-electron chi connectivity index (χ2n) is 12.0. The van der Waals surface area contributed by atoms with E-state index in [0.29, 0.717) is 5.02 Å². The third-order valence-electron chi connectivity index (χ3n) is 6.48.